The fourth-order valence-electron chi connectivity index (χ4n) is 7.29. The zero-order valence-electron chi connectivity index (χ0n) is 40.3. The second kappa shape index (κ2) is 40.7. The minimum absolute atomic E-state index is 0.0162. The molecule has 0 rings (SSSR count). The molecule has 60 heavy (non-hydrogen) atoms. The molecular formula is C50H96N2O8. The van der Waals surface area contributed by atoms with Crippen LogP contribution in [0, 0.1) is 5.92 Å². The van der Waals surface area contributed by atoms with Gasteiger partial charge in [0.15, 0.2) is 5.92 Å². The molecule has 0 saturated carbocycles. The van der Waals surface area contributed by atoms with E-state index in [-0.39, 0.29) is 18.2 Å². The van der Waals surface area contributed by atoms with Gasteiger partial charge in [0.05, 0.1) is 13.2 Å². The van der Waals surface area contributed by atoms with Crippen LogP contribution < -0.4 is 5.32 Å². The Morgan fingerprint density at radius 2 is 0.917 bits per heavy atom. The minimum Gasteiger partial charge on any atom is -0.465 e. The average molecular weight is 853 g/mol. The molecule has 354 valence electrons. The summed E-state index contributed by atoms with van der Waals surface area (Å²) in [7, 11) is 0. The topological polar surface area (TPSA) is 120 Å². The maximum atomic E-state index is 12.9. The number of carbonyl (C=O) groups excluding carboxylic acids is 4. The average Bonchev–Trinajstić information content (AvgIpc) is 3.20. The monoisotopic (exact) mass is 853 g/mol. The first kappa shape index (κ1) is 57.6. The van der Waals surface area contributed by atoms with Crippen molar-refractivity contribution in [2.24, 2.45) is 5.92 Å². The van der Waals surface area contributed by atoms with Crippen LogP contribution in [0.4, 0.5) is 4.79 Å². The normalized spacial score (nSPS) is 11.7. The van der Waals surface area contributed by atoms with Gasteiger partial charge in [0, 0.05) is 13.0 Å². The first-order valence-corrected chi connectivity index (χ1v) is 25.2. The number of nitrogens with one attached hydrogen (secondary N) is 1. The standard InChI is InChI=1S/C50H96N2O8/c1-8-12-16-18-21-27-34-44(35-28-22-19-17-13-9-2)59-46(53)37-30-23-20-25-31-39-52(41-33-38-51-49(56)60-50(5,6)7)40-32-26-24-29-36-45(47(54)57-42-14-10-3)48(55)58-43-15-11-4/h44-45H,8-43H2,1-7H3,(H,51,56). The molecule has 0 aliphatic carbocycles. The quantitative estimate of drug-likeness (QED) is 0.0277. The van der Waals surface area contributed by atoms with E-state index < -0.39 is 23.5 Å². The third kappa shape index (κ3) is 37.4. The molecule has 0 aliphatic heterocycles. The SMILES string of the molecule is CCCCCCCCC(CCCCCCCC)OC(=O)CCCCCCCN(CCCCCCC(C(=O)OCCCC)C(=O)OCCCC)CCCNC(=O)OC(C)(C)C. The number of esters is 3. The van der Waals surface area contributed by atoms with E-state index in [2.05, 4.69) is 24.1 Å². The van der Waals surface area contributed by atoms with Crippen molar-refractivity contribution in [3.8, 4) is 0 Å². The molecule has 0 unspecified atom stereocenters. The number of hydrogen-bond acceptors (Lipinski definition) is 9. The largest absolute Gasteiger partial charge is 0.465 e. The van der Waals surface area contributed by atoms with Crippen LogP contribution >= 0.6 is 0 Å². The number of carbonyl (C=O) groups is 4. The predicted octanol–water partition coefficient (Wildman–Crippen LogP) is 13.2. The summed E-state index contributed by atoms with van der Waals surface area (Å²) < 4.78 is 22.3. The van der Waals surface area contributed by atoms with Crippen LogP contribution in [0.25, 0.3) is 0 Å². The smallest absolute Gasteiger partial charge is 0.407 e. The molecule has 0 radical (unpaired) electrons. The molecule has 0 spiro atoms. The molecule has 0 aromatic carbocycles. The second-order valence-corrected chi connectivity index (χ2v) is 18.2. The molecular weight excluding hydrogens is 757 g/mol. The van der Waals surface area contributed by atoms with Crippen molar-refractivity contribution in [1.82, 2.24) is 10.2 Å². The highest BCUT2D eigenvalue weighted by atomic mass is 16.6. The lowest BCUT2D eigenvalue weighted by molar-refractivity contribution is -0.162. The molecule has 0 aliphatic rings. The Balaban J connectivity index is 4.82. The Kier molecular flexibility index (Phi) is 39.1. The van der Waals surface area contributed by atoms with Crippen LogP contribution in [0.1, 0.15) is 241 Å². The number of nitrogens with zero attached hydrogens (tertiary/aromatic N) is 1. The summed E-state index contributed by atoms with van der Waals surface area (Å²) in [6.07, 6.45) is 31.0. The van der Waals surface area contributed by atoms with Crippen LogP contribution in [0.5, 0.6) is 0 Å². The number of hydrogen-bond donors (Lipinski definition) is 1. The molecule has 0 bridgehead atoms. The first-order valence-electron chi connectivity index (χ1n) is 25.2. The van der Waals surface area contributed by atoms with E-state index in [1.807, 2.05) is 34.6 Å². The second-order valence-electron chi connectivity index (χ2n) is 18.2. The van der Waals surface area contributed by atoms with Gasteiger partial charge in [0.1, 0.15) is 11.7 Å². The number of ether oxygens (including phenoxy) is 4. The number of alkyl carbamates (subject to hydrolysis) is 1. The van der Waals surface area contributed by atoms with Crippen LogP contribution in [0.2, 0.25) is 0 Å². The van der Waals surface area contributed by atoms with Gasteiger partial charge >= 0.3 is 24.0 Å². The summed E-state index contributed by atoms with van der Waals surface area (Å²) in [6, 6.07) is 0. The van der Waals surface area contributed by atoms with Crippen molar-refractivity contribution in [2.45, 2.75) is 253 Å². The Morgan fingerprint density at radius 1 is 0.500 bits per heavy atom. The Labute approximate surface area is 369 Å². The number of unbranched alkanes of at least 4 members (excludes halogenated alkanes) is 19. The van der Waals surface area contributed by atoms with Gasteiger partial charge in [-0.3, -0.25) is 14.4 Å². The molecule has 0 aromatic rings. The van der Waals surface area contributed by atoms with Gasteiger partial charge < -0.3 is 29.2 Å². The highest BCUT2D eigenvalue weighted by Gasteiger charge is 2.29. The van der Waals surface area contributed by atoms with Gasteiger partial charge in [-0.05, 0) is 111 Å². The fraction of sp³-hybridized carbons (Fsp3) is 0.920. The molecule has 1 amide bonds. The van der Waals surface area contributed by atoms with Crippen LogP contribution in [0.3, 0.4) is 0 Å². The lowest BCUT2D eigenvalue weighted by Crippen LogP contribution is -2.35. The van der Waals surface area contributed by atoms with Crippen molar-refractivity contribution in [3.63, 3.8) is 0 Å². The van der Waals surface area contributed by atoms with E-state index in [0.717, 1.165) is 135 Å². The van der Waals surface area contributed by atoms with Crippen molar-refractivity contribution in [3.05, 3.63) is 0 Å². The van der Waals surface area contributed by atoms with E-state index in [4.69, 9.17) is 18.9 Å². The van der Waals surface area contributed by atoms with Crippen molar-refractivity contribution >= 4 is 24.0 Å². The summed E-state index contributed by atoms with van der Waals surface area (Å²) in [4.78, 5) is 53.0. The first-order chi connectivity index (χ1) is 29.0. The fourth-order valence-corrected chi connectivity index (χ4v) is 7.29. The third-order valence-electron chi connectivity index (χ3n) is 11.0. The molecule has 0 saturated heterocycles. The maximum absolute atomic E-state index is 12.9. The molecule has 10 heteroatoms. The minimum atomic E-state index is -0.847. The van der Waals surface area contributed by atoms with Crippen LogP contribution in [-0.4, -0.2) is 80.0 Å². The van der Waals surface area contributed by atoms with Crippen LogP contribution in [0.15, 0.2) is 0 Å². The molecule has 0 fully saturated rings. The van der Waals surface area contributed by atoms with Crippen molar-refractivity contribution in [1.29, 1.82) is 0 Å². The highest BCUT2D eigenvalue weighted by molar-refractivity contribution is 5.94. The van der Waals surface area contributed by atoms with Gasteiger partial charge in [-0.25, -0.2) is 4.79 Å². The zero-order chi connectivity index (χ0) is 44.5. The Bertz CT molecular complexity index is 994. The Hall–Kier alpha value is -2.36. The predicted molar refractivity (Wildman–Crippen MR) is 247 cm³/mol. The molecule has 10 nitrogen and oxygen atoms in total. The summed E-state index contributed by atoms with van der Waals surface area (Å²) in [6.45, 7) is 18.2. The van der Waals surface area contributed by atoms with E-state index >= 15 is 0 Å². The molecule has 1 N–H and O–H groups in total. The van der Waals surface area contributed by atoms with E-state index in [0.29, 0.717) is 32.6 Å². The summed E-state index contributed by atoms with van der Waals surface area (Å²) in [5.74, 6) is -1.78. The lowest BCUT2D eigenvalue weighted by Gasteiger charge is -2.23. The third-order valence-corrected chi connectivity index (χ3v) is 11.0. The molecule has 0 heterocycles. The van der Waals surface area contributed by atoms with Gasteiger partial charge in [0.2, 0.25) is 0 Å². The summed E-state index contributed by atoms with van der Waals surface area (Å²) in [5, 5.41) is 2.89. The lowest BCUT2D eigenvalue weighted by atomic mass is 10.0. The van der Waals surface area contributed by atoms with E-state index in [9.17, 15) is 19.2 Å². The van der Waals surface area contributed by atoms with E-state index in [1.54, 1.807) is 0 Å². The van der Waals surface area contributed by atoms with Gasteiger partial charge in [-0.2, -0.15) is 0 Å². The summed E-state index contributed by atoms with van der Waals surface area (Å²) >= 11 is 0. The number of rotatable bonds is 42. The van der Waals surface area contributed by atoms with Gasteiger partial charge in [-0.1, -0.05) is 143 Å². The van der Waals surface area contributed by atoms with Crippen molar-refractivity contribution < 1.29 is 38.1 Å². The molecule has 0 atom stereocenters. The van der Waals surface area contributed by atoms with E-state index in [1.165, 1.54) is 64.2 Å². The zero-order valence-corrected chi connectivity index (χ0v) is 40.3. The van der Waals surface area contributed by atoms with Crippen LogP contribution in [-0.2, 0) is 33.3 Å². The summed E-state index contributed by atoms with van der Waals surface area (Å²) in [5.41, 5.74) is -0.524. The number of amides is 1. The maximum Gasteiger partial charge on any atom is 0.407 e. The van der Waals surface area contributed by atoms with Gasteiger partial charge in [-0.15, -0.1) is 0 Å². The molecule has 0 aromatic heterocycles. The van der Waals surface area contributed by atoms with Crippen molar-refractivity contribution in [2.75, 3.05) is 39.4 Å². The Morgan fingerprint density at radius 3 is 1.40 bits per heavy atom. The van der Waals surface area contributed by atoms with Gasteiger partial charge in [0.25, 0.3) is 0 Å². The highest BCUT2D eigenvalue weighted by Crippen LogP contribution is 2.19.